The van der Waals surface area contributed by atoms with Gasteiger partial charge in [-0.3, -0.25) is 9.78 Å². The molecule has 0 spiro atoms. The van der Waals surface area contributed by atoms with Crippen LogP contribution in [0.25, 0.3) is 11.3 Å². The number of benzene rings is 2. The summed E-state index contributed by atoms with van der Waals surface area (Å²) in [5.74, 6) is -0.835. The fourth-order valence-corrected chi connectivity index (χ4v) is 2.63. The molecule has 0 aliphatic heterocycles. The number of carbonyl (C=O) groups excluding carboxylic acids is 1. The van der Waals surface area contributed by atoms with Crippen LogP contribution in [0.3, 0.4) is 0 Å². The van der Waals surface area contributed by atoms with Gasteiger partial charge in [0.25, 0.3) is 5.91 Å². The van der Waals surface area contributed by atoms with E-state index >= 15 is 0 Å². The fraction of sp³-hybridized carbons (Fsp3) is 0.0526. The van der Waals surface area contributed by atoms with Crippen LogP contribution in [0.4, 0.5) is 4.39 Å². The van der Waals surface area contributed by atoms with Crippen molar-refractivity contribution in [2.45, 2.75) is 6.54 Å². The number of aromatic nitrogens is 1. The Labute approximate surface area is 144 Å². The second-order valence-electron chi connectivity index (χ2n) is 5.18. The van der Waals surface area contributed by atoms with E-state index in [1.807, 2.05) is 42.5 Å². The van der Waals surface area contributed by atoms with E-state index in [4.69, 9.17) is 11.6 Å². The van der Waals surface area contributed by atoms with Gasteiger partial charge in [0.15, 0.2) is 0 Å². The Bertz CT molecular complexity index is 868. The molecule has 0 radical (unpaired) electrons. The highest BCUT2D eigenvalue weighted by atomic mass is 35.5. The molecule has 0 aliphatic carbocycles. The summed E-state index contributed by atoms with van der Waals surface area (Å²) >= 11 is 5.92. The van der Waals surface area contributed by atoms with Gasteiger partial charge in [-0.25, -0.2) is 4.39 Å². The van der Waals surface area contributed by atoms with Crippen molar-refractivity contribution in [3.8, 4) is 11.3 Å². The Morgan fingerprint density at radius 3 is 2.62 bits per heavy atom. The fourth-order valence-electron chi connectivity index (χ4n) is 2.38. The Balaban J connectivity index is 1.79. The lowest BCUT2D eigenvalue weighted by molar-refractivity contribution is 0.0951. The lowest BCUT2D eigenvalue weighted by Gasteiger charge is -2.10. The van der Waals surface area contributed by atoms with Crippen LogP contribution < -0.4 is 5.32 Å². The number of rotatable bonds is 4. The highest BCUT2D eigenvalue weighted by Gasteiger charge is 2.12. The number of amides is 1. The predicted molar refractivity (Wildman–Crippen MR) is 92.3 cm³/mol. The summed E-state index contributed by atoms with van der Waals surface area (Å²) in [4.78, 5) is 16.7. The normalized spacial score (nSPS) is 10.4. The molecule has 120 valence electrons. The molecule has 3 rings (SSSR count). The Morgan fingerprint density at radius 1 is 1.08 bits per heavy atom. The maximum Gasteiger partial charge on any atom is 0.253 e. The van der Waals surface area contributed by atoms with Gasteiger partial charge < -0.3 is 5.32 Å². The first-order valence-electron chi connectivity index (χ1n) is 7.38. The minimum atomic E-state index is -0.477. The second-order valence-corrected chi connectivity index (χ2v) is 5.59. The topological polar surface area (TPSA) is 42.0 Å². The third-order valence-corrected chi connectivity index (χ3v) is 3.87. The molecule has 3 nitrogen and oxygen atoms in total. The van der Waals surface area contributed by atoms with Crippen LogP contribution in [0, 0.1) is 5.82 Å². The summed E-state index contributed by atoms with van der Waals surface area (Å²) in [6.45, 7) is 0.296. The Kier molecular flexibility index (Phi) is 4.87. The minimum Gasteiger partial charge on any atom is -0.348 e. The third-order valence-electron chi connectivity index (χ3n) is 3.55. The van der Waals surface area contributed by atoms with Crippen LogP contribution in [-0.2, 0) is 6.54 Å². The molecule has 1 amide bonds. The SMILES string of the molecule is O=C(NCc1cccnc1-c1ccccc1)c1ccc(F)cc1Cl. The number of nitrogens with zero attached hydrogens (tertiary/aromatic N) is 1. The smallest absolute Gasteiger partial charge is 0.253 e. The average Bonchev–Trinajstić information content (AvgIpc) is 2.61. The van der Waals surface area contributed by atoms with Crippen LogP contribution in [-0.4, -0.2) is 10.9 Å². The second kappa shape index (κ2) is 7.23. The molecular weight excluding hydrogens is 327 g/mol. The van der Waals surface area contributed by atoms with Gasteiger partial charge in [0.2, 0.25) is 0 Å². The molecule has 1 N–H and O–H groups in total. The maximum atomic E-state index is 13.1. The average molecular weight is 341 g/mol. The van der Waals surface area contributed by atoms with E-state index in [9.17, 15) is 9.18 Å². The summed E-state index contributed by atoms with van der Waals surface area (Å²) in [6.07, 6.45) is 1.71. The molecule has 24 heavy (non-hydrogen) atoms. The van der Waals surface area contributed by atoms with E-state index in [2.05, 4.69) is 10.3 Å². The van der Waals surface area contributed by atoms with Crippen LogP contribution in [0.2, 0.25) is 5.02 Å². The van der Waals surface area contributed by atoms with Gasteiger partial charge in [-0.15, -0.1) is 0 Å². The van der Waals surface area contributed by atoms with Crippen molar-refractivity contribution >= 4 is 17.5 Å². The largest absolute Gasteiger partial charge is 0.348 e. The molecule has 0 saturated carbocycles. The minimum absolute atomic E-state index is 0.0852. The zero-order chi connectivity index (χ0) is 16.9. The predicted octanol–water partition coefficient (Wildman–Crippen LogP) is 4.47. The summed E-state index contributed by atoms with van der Waals surface area (Å²) in [5, 5.41) is 2.89. The molecule has 2 aromatic carbocycles. The molecule has 1 aromatic heterocycles. The van der Waals surface area contributed by atoms with Crippen molar-refractivity contribution in [3.05, 3.63) is 88.8 Å². The van der Waals surface area contributed by atoms with Crippen molar-refractivity contribution in [2.75, 3.05) is 0 Å². The molecule has 0 aliphatic rings. The van der Waals surface area contributed by atoms with Crippen molar-refractivity contribution in [2.24, 2.45) is 0 Å². The zero-order valence-corrected chi connectivity index (χ0v) is 13.4. The monoisotopic (exact) mass is 340 g/mol. The molecule has 0 bridgehead atoms. The third kappa shape index (κ3) is 3.60. The summed E-state index contributed by atoms with van der Waals surface area (Å²) in [6, 6.07) is 17.2. The van der Waals surface area contributed by atoms with Gasteiger partial charge in [-0.1, -0.05) is 48.0 Å². The van der Waals surface area contributed by atoms with E-state index < -0.39 is 5.82 Å². The molecular formula is C19H14ClFN2O. The van der Waals surface area contributed by atoms with Crippen molar-refractivity contribution in [1.29, 1.82) is 0 Å². The van der Waals surface area contributed by atoms with E-state index in [1.54, 1.807) is 6.20 Å². The lowest BCUT2D eigenvalue weighted by Crippen LogP contribution is -2.23. The number of hydrogen-bond donors (Lipinski definition) is 1. The van der Waals surface area contributed by atoms with Crippen LogP contribution >= 0.6 is 11.6 Å². The molecule has 0 fully saturated rings. The quantitative estimate of drug-likeness (QED) is 0.761. The lowest BCUT2D eigenvalue weighted by atomic mass is 10.1. The molecule has 0 saturated heterocycles. The van der Waals surface area contributed by atoms with E-state index in [-0.39, 0.29) is 16.5 Å². The molecule has 0 unspecified atom stereocenters. The first-order chi connectivity index (χ1) is 11.6. The maximum absolute atomic E-state index is 13.1. The highest BCUT2D eigenvalue weighted by molar-refractivity contribution is 6.33. The van der Waals surface area contributed by atoms with Gasteiger partial charge in [-0.05, 0) is 29.8 Å². The summed E-state index contributed by atoms with van der Waals surface area (Å²) in [7, 11) is 0. The van der Waals surface area contributed by atoms with Gasteiger partial charge in [-0.2, -0.15) is 0 Å². The van der Waals surface area contributed by atoms with Crippen LogP contribution in [0.5, 0.6) is 0 Å². The van der Waals surface area contributed by atoms with Crippen molar-refractivity contribution in [3.63, 3.8) is 0 Å². The molecule has 1 heterocycles. The van der Waals surface area contributed by atoms with Crippen molar-refractivity contribution in [1.82, 2.24) is 10.3 Å². The van der Waals surface area contributed by atoms with Gasteiger partial charge >= 0.3 is 0 Å². The van der Waals surface area contributed by atoms with E-state index in [1.165, 1.54) is 12.1 Å². The molecule has 0 atom stereocenters. The van der Waals surface area contributed by atoms with Crippen molar-refractivity contribution < 1.29 is 9.18 Å². The van der Waals surface area contributed by atoms with E-state index in [0.717, 1.165) is 22.9 Å². The van der Waals surface area contributed by atoms with Gasteiger partial charge in [0.1, 0.15) is 5.82 Å². The number of hydrogen-bond acceptors (Lipinski definition) is 2. The molecule has 3 aromatic rings. The zero-order valence-electron chi connectivity index (χ0n) is 12.7. The van der Waals surface area contributed by atoms with E-state index in [0.29, 0.717) is 6.54 Å². The highest BCUT2D eigenvalue weighted by Crippen LogP contribution is 2.21. The van der Waals surface area contributed by atoms with Gasteiger partial charge in [0.05, 0.1) is 16.3 Å². The number of pyridine rings is 1. The van der Waals surface area contributed by atoms with Crippen LogP contribution in [0.1, 0.15) is 15.9 Å². The van der Waals surface area contributed by atoms with Crippen LogP contribution in [0.15, 0.2) is 66.9 Å². The van der Waals surface area contributed by atoms with Gasteiger partial charge in [0, 0.05) is 18.3 Å². The Morgan fingerprint density at radius 2 is 1.88 bits per heavy atom. The summed E-state index contributed by atoms with van der Waals surface area (Å²) in [5.41, 5.74) is 2.91. The number of carbonyl (C=O) groups is 1. The number of nitrogens with one attached hydrogen (secondary N) is 1. The Hall–Kier alpha value is -2.72. The first-order valence-corrected chi connectivity index (χ1v) is 7.75. The number of halogens is 2. The first kappa shape index (κ1) is 16.1. The molecule has 5 heteroatoms. The summed E-state index contributed by atoms with van der Waals surface area (Å²) < 4.78 is 13.1. The standard InChI is InChI=1S/C19H14ClFN2O/c20-17-11-15(21)8-9-16(17)19(24)23-12-14-7-4-10-22-18(14)13-5-2-1-3-6-13/h1-11H,12H2,(H,23,24).